The Kier molecular flexibility index (Phi) is 3.84. The normalized spacial score (nSPS) is 15.9. The van der Waals surface area contributed by atoms with Crippen LogP contribution in [0.2, 0.25) is 0 Å². The van der Waals surface area contributed by atoms with E-state index in [0.717, 1.165) is 38.4 Å². The number of H-pyrrole nitrogens is 1. The van der Waals surface area contributed by atoms with E-state index in [1.807, 2.05) is 11.0 Å². The lowest BCUT2D eigenvalue weighted by Gasteiger charge is -2.36. The van der Waals surface area contributed by atoms with Crippen molar-refractivity contribution < 1.29 is 4.39 Å². The van der Waals surface area contributed by atoms with Crippen molar-refractivity contribution in [1.29, 1.82) is 0 Å². The number of nitrogens with zero attached hydrogens (tertiary/aromatic N) is 4. The van der Waals surface area contributed by atoms with Gasteiger partial charge in [0, 0.05) is 44.6 Å². The first-order valence-electron chi connectivity index (χ1n) is 6.89. The number of hydrogen-bond acceptors (Lipinski definition) is 3. The number of hydrogen-bond donors (Lipinski definition) is 1. The van der Waals surface area contributed by atoms with Gasteiger partial charge in [-0.05, 0) is 18.2 Å². The lowest BCUT2D eigenvalue weighted by molar-refractivity contribution is 0.246. The van der Waals surface area contributed by atoms with Crippen LogP contribution in [-0.4, -0.2) is 41.3 Å². The van der Waals surface area contributed by atoms with Crippen LogP contribution in [0.25, 0.3) is 4.85 Å². The molecule has 2 heterocycles. The molecule has 0 aliphatic carbocycles. The standard InChI is InChI=1S/C15H16FN5/c1-17-12-2-3-15(14(16)10-12)21-8-6-20(7-9-21)11-13-4-5-18-19-13/h2-5,10H,6-9,11H2,(H,18,19). The molecule has 0 radical (unpaired) electrons. The van der Waals surface area contributed by atoms with Crippen LogP contribution >= 0.6 is 0 Å². The minimum absolute atomic E-state index is 0.314. The van der Waals surface area contributed by atoms with Crippen LogP contribution in [0.3, 0.4) is 0 Å². The fourth-order valence-electron chi connectivity index (χ4n) is 2.58. The van der Waals surface area contributed by atoms with Gasteiger partial charge in [-0.2, -0.15) is 5.10 Å². The second kappa shape index (κ2) is 5.94. The predicted molar refractivity (Wildman–Crippen MR) is 78.7 cm³/mol. The lowest BCUT2D eigenvalue weighted by Crippen LogP contribution is -2.46. The van der Waals surface area contributed by atoms with Gasteiger partial charge in [0.15, 0.2) is 5.69 Å². The summed E-state index contributed by atoms with van der Waals surface area (Å²) in [5.41, 5.74) is 2.02. The SMILES string of the molecule is [C-]#[N+]c1ccc(N2CCN(Cc3ccn[nH]3)CC2)c(F)c1. The van der Waals surface area contributed by atoms with E-state index in [4.69, 9.17) is 6.57 Å². The number of aromatic nitrogens is 2. The minimum Gasteiger partial charge on any atom is -0.367 e. The van der Waals surface area contributed by atoms with E-state index in [9.17, 15) is 4.39 Å². The maximum Gasteiger partial charge on any atom is 0.190 e. The van der Waals surface area contributed by atoms with Crippen molar-refractivity contribution >= 4 is 11.4 Å². The third kappa shape index (κ3) is 3.03. The van der Waals surface area contributed by atoms with Crippen LogP contribution in [0.15, 0.2) is 30.5 Å². The molecular weight excluding hydrogens is 269 g/mol. The van der Waals surface area contributed by atoms with Gasteiger partial charge in [0.2, 0.25) is 0 Å². The third-order valence-electron chi connectivity index (χ3n) is 3.73. The Hall–Kier alpha value is -2.39. The van der Waals surface area contributed by atoms with E-state index in [1.165, 1.54) is 6.07 Å². The summed E-state index contributed by atoms with van der Waals surface area (Å²) in [7, 11) is 0. The molecule has 0 unspecified atom stereocenters. The number of aromatic amines is 1. The highest BCUT2D eigenvalue weighted by atomic mass is 19.1. The van der Waals surface area contributed by atoms with Gasteiger partial charge in [-0.1, -0.05) is 6.07 Å². The van der Waals surface area contributed by atoms with Crippen molar-refractivity contribution in [2.75, 3.05) is 31.1 Å². The number of piperazine rings is 1. The van der Waals surface area contributed by atoms with Crippen molar-refractivity contribution in [1.82, 2.24) is 15.1 Å². The summed E-state index contributed by atoms with van der Waals surface area (Å²) in [5.74, 6) is -0.314. The second-order valence-corrected chi connectivity index (χ2v) is 5.09. The van der Waals surface area contributed by atoms with Crippen LogP contribution in [0, 0.1) is 12.4 Å². The average molecular weight is 285 g/mol. The molecule has 1 saturated heterocycles. The van der Waals surface area contributed by atoms with Crippen LogP contribution in [0.1, 0.15) is 5.69 Å². The van der Waals surface area contributed by atoms with Crippen molar-refractivity contribution in [3.63, 3.8) is 0 Å². The Labute approximate surface area is 122 Å². The van der Waals surface area contributed by atoms with E-state index in [1.54, 1.807) is 18.3 Å². The third-order valence-corrected chi connectivity index (χ3v) is 3.73. The zero-order chi connectivity index (χ0) is 14.7. The minimum atomic E-state index is -0.314. The molecule has 3 rings (SSSR count). The average Bonchev–Trinajstić information content (AvgIpc) is 3.01. The maximum absolute atomic E-state index is 14.0. The van der Waals surface area contributed by atoms with Gasteiger partial charge in [-0.25, -0.2) is 9.24 Å². The number of anilines is 1. The summed E-state index contributed by atoms with van der Waals surface area (Å²) in [6.07, 6.45) is 1.75. The smallest absolute Gasteiger partial charge is 0.190 e. The first-order chi connectivity index (χ1) is 10.3. The molecule has 108 valence electrons. The molecule has 1 aromatic carbocycles. The van der Waals surface area contributed by atoms with Crippen LogP contribution in [0.5, 0.6) is 0 Å². The molecule has 0 bridgehead atoms. The molecule has 1 aliphatic rings. The van der Waals surface area contributed by atoms with E-state index in [0.29, 0.717) is 11.4 Å². The van der Waals surface area contributed by atoms with E-state index >= 15 is 0 Å². The van der Waals surface area contributed by atoms with Gasteiger partial charge in [-0.15, -0.1) is 0 Å². The molecule has 1 N–H and O–H groups in total. The topological polar surface area (TPSA) is 39.5 Å². The Morgan fingerprint density at radius 3 is 2.67 bits per heavy atom. The zero-order valence-corrected chi connectivity index (χ0v) is 11.6. The first-order valence-corrected chi connectivity index (χ1v) is 6.89. The molecule has 0 spiro atoms. The number of rotatable bonds is 3. The van der Waals surface area contributed by atoms with Gasteiger partial charge >= 0.3 is 0 Å². The predicted octanol–water partition coefficient (Wildman–Crippen LogP) is 2.42. The molecule has 21 heavy (non-hydrogen) atoms. The van der Waals surface area contributed by atoms with Gasteiger partial charge in [0.05, 0.1) is 12.3 Å². The Bertz CT molecular complexity index is 639. The second-order valence-electron chi connectivity index (χ2n) is 5.09. The van der Waals surface area contributed by atoms with Crippen molar-refractivity contribution in [2.45, 2.75) is 6.54 Å². The largest absolute Gasteiger partial charge is 0.367 e. The van der Waals surface area contributed by atoms with Gasteiger partial charge in [0.25, 0.3) is 0 Å². The first kappa shape index (κ1) is 13.6. The van der Waals surface area contributed by atoms with Crippen molar-refractivity contribution in [2.24, 2.45) is 0 Å². The molecule has 0 amide bonds. The fraction of sp³-hybridized carbons (Fsp3) is 0.333. The quantitative estimate of drug-likeness (QED) is 0.880. The summed E-state index contributed by atoms with van der Waals surface area (Å²) in [6.45, 7) is 11.1. The van der Waals surface area contributed by atoms with E-state index in [-0.39, 0.29) is 5.82 Å². The number of halogens is 1. The summed E-state index contributed by atoms with van der Waals surface area (Å²) in [5, 5.41) is 6.90. The summed E-state index contributed by atoms with van der Waals surface area (Å²) in [6, 6.07) is 6.64. The zero-order valence-electron chi connectivity index (χ0n) is 11.6. The van der Waals surface area contributed by atoms with Crippen LogP contribution in [0.4, 0.5) is 15.8 Å². The van der Waals surface area contributed by atoms with Crippen molar-refractivity contribution in [3.8, 4) is 0 Å². The Morgan fingerprint density at radius 2 is 2.05 bits per heavy atom. The molecule has 5 nitrogen and oxygen atoms in total. The molecule has 0 saturated carbocycles. The fourth-order valence-corrected chi connectivity index (χ4v) is 2.58. The highest BCUT2D eigenvalue weighted by Crippen LogP contribution is 2.25. The monoisotopic (exact) mass is 285 g/mol. The highest BCUT2D eigenvalue weighted by molar-refractivity contribution is 5.57. The Balaban J connectivity index is 1.62. The molecular formula is C15H16FN5. The molecule has 2 aromatic rings. The summed E-state index contributed by atoms with van der Waals surface area (Å²) in [4.78, 5) is 7.59. The molecule has 0 atom stereocenters. The molecule has 1 aliphatic heterocycles. The van der Waals surface area contributed by atoms with Gasteiger partial charge < -0.3 is 4.90 Å². The molecule has 6 heteroatoms. The highest BCUT2D eigenvalue weighted by Gasteiger charge is 2.19. The van der Waals surface area contributed by atoms with Gasteiger partial charge in [-0.3, -0.25) is 10.00 Å². The summed E-state index contributed by atoms with van der Waals surface area (Å²) >= 11 is 0. The van der Waals surface area contributed by atoms with Crippen LogP contribution in [-0.2, 0) is 6.54 Å². The van der Waals surface area contributed by atoms with E-state index in [2.05, 4.69) is 19.9 Å². The van der Waals surface area contributed by atoms with Crippen molar-refractivity contribution in [3.05, 3.63) is 53.4 Å². The number of benzene rings is 1. The van der Waals surface area contributed by atoms with E-state index < -0.39 is 0 Å². The summed E-state index contributed by atoms with van der Waals surface area (Å²) < 4.78 is 14.0. The lowest BCUT2D eigenvalue weighted by atomic mass is 10.2. The maximum atomic E-state index is 14.0. The van der Waals surface area contributed by atoms with Gasteiger partial charge in [0.1, 0.15) is 5.82 Å². The molecule has 1 fully saturated rings. The molecule has 1 aromatic heterocycles. The Morgan fingerprint density at radius 1 is 1.24 bits per heavy atom. The van der Waals surface area contributed by atoms with Crippen LogP contribution < -0.4 is 4.90 Å². The number of nitrogens with one attached hydrogen (secondary N) is 1.